The summed E-state index contributed by atoms with van der Waals surface area (Å²) in [6.07, 6.45) is -3.23. The predicted octanol–water partition coefficient (Wildman–Crippen LogP) is 3.56. The van der Waals surface area contributed by atoms with Gasteiger partial charge in [0.1, 0.15) is 5.75 Å². The first-order valence-corrected chi connectivity index (χ1v) is 8.14. The van der Waals surface area contributed by atoms with Gasteiger partial charge in [0.15, 0.2) is 11.5 Å². The minimum atomic E-state index is -4.64. The molecule has 6 nitrogen and oxygen atoms in total. The third-order valence-corrected chi connectivity index (χ3v) is 4.90. The van der Waals surface area contributed by atoms with Gasteiger partial charge in [0.05, 0.1) is 6.04 Å². The van der Waals surface area contributed by atoms with Crippen molar-refractivity contribution in [3.63, 3.8) is 0 Å². The van der Waals surface area contributed by atoms with E-state index in [1.54, 1.807) is 26.0 Å². The van der Waals surface area contributed by atoms with E-state index in [0.717, 1.165) is 22.1 Å². The van der Waals surface area contributed by atoms with Crippen molar-refractivity contribution < 1.29 is 18.3 Å². The molecule has 1 aliphatic rings. The van der Waals surface area contributed by atoms with Crippen LogP contribution >= 0.6 is 0 Å². The Kier molecular flexibility index (Phi) is 3.57. The fraction of sp³-hybridized carbons (Fsp3) is 0.353. The van der Waals surface area contributed by atoms with Crippen LogP contribution in [0.1, 0.15) is 40.5 Å². The Hall–Kier alpha value is -2.84. The van der Waals surface area contributed by atoms with Crippen molar-refractivity contribution in [1.82, 2.24) is 19.8 Å². The lowest BCUT2D eigenvalue weighted by Gasteiger charge is -2.18. The molecule has 0 saturated heterocycles. The normalized spacial score (nSPS) is 16.9. The molecule has 0 aliphatic heterocycles. The molecule has 2 heterocycles. The van der Waals surface area contributed by atoms with Crippen LogP contribution in [0.15, 0.2) is 18.2 Å². The van der Waals surface area contributed by atoms with Crippen molar-refractivity contribution in [2.75, 3.05) is 5.32 Å². The molecule has 1 unspecified atom stereocenters. The molecule has 136 valence electrons. The van der Waals surface area contributed by atoms with Gasteiger partial charge >= 0.3 is 6.18 Å². The molecule has 1 aromatic carbocycles. The number of aryl methyl sites for hydroxylation is 1. The van der Waals surface area contributed by atoms with Gasteiger partial charge in [-0.2, -0.15) is 17.7 Å². The van der Waals surface area contributed by atoms with Crippen molar-refractivity contribution in [1.29, 1.82) is 0 Å². The Morgan fingerprint density at radius 3 is 2.69 bits per heavy atom. The van der Waals surface area contributed by atoms with Crippen LogP contribution < -0.4 is 5.32 Å². The molecule has 4 rings (SSSR count). The molecule has 1 aliphatic carbocycles. The zero-order chi connectivity index (χ0) is 18.6. The highest BCUT2D eigenvalue weighted by Gasteiger charge is 2.38. The van der Waals surface area contributed by atoms with Crippen molar-refractivity contribution in [3.05, 3.63) is 46.3 Å². The van der Waals surface area contributed by atoms with Gasteiger partial charge in [0, 0.05) is 5.56 Å². The number of benzene rings is 1. The lowest BCUT2D eigenvalue weighted by Crippen LogP contribution is -2.16. The average Bonchev–Trinajstić information content (AvgIpc) is 3.17. The molecule has 1 atom stereocenters. The molecule has 0 bridgehead atoms. The minimum Gasteiger partial charge on any atom is -0.508 e. The average molecular weight is 363 g/mol. The topological polar surface area (TPSA) is 75.3 Å². The second kappa shape index (κ2) is 5.58. The SMILES string of the molecule is Cc1c(NC2CCc3c(O)cccc32)nn2c(C(F)(F)F)nnc2c1C. The summed E-state index contributed by atoms with van der Waals surface area (Å²) in [6, 6.07) is 5.16. The Morgan fingerprint density at radius 2 is 1.96 bits per heavy atom. The van der Waals surface area contributed by atoms with E-state index in [0.29, 0.717) is 23.4 Å². The Labute approximate surface area is 146 Å². The number of hydrogen-bond acceptors (Lipinski definition) is 5. The third-order valence-electron chi connectivity index (χ3n) is 4.90. The van der Waals surface area contributed by atoms with Crippen LogP contribution in [0.25, 0.3) is 5.65 Å². The highest BCUT2D eigenvalue weighted by molar-refractivity contribution is 5.59. The minimum absolute atomic E-state index is 0.0878. The summed E-state index contributed by atoms with van der Waals surface area (Å²) >= 11 is 0. The highest BCUT2D eigenvalue weighted by atomic mass is 19.4. The van der Waals surface area contributed by atoms with E-state index in [4.69, 9.17) is 0 Å². The summed E-state index contributed by atoms with van der Waals surface area (Å²) in [4.78, 5) is 0. The van der Waals surface area contributed by atoms with E-state index >= 15 is 0 Å². The summed E-state index contributed by atoms with van der Waals surface area (Å²) in [7, 11) is 0. The molecule has 2 aromatic heterocycles. The Bertz CT molecular complexity index is 1010. The van der Waals surface area contributed by atoms with E-state index in [1.807, 2.05) is 6.07 Å². The van der Waals surface area contributed by atoms with Gasteiger partial charge in [-0.05, 0) is 49.4 Å². The van der Waals surface area contributed by atoms with Crippen LogP contribution in [0.2, 0.25) is 0 Å². The zero-order valence-corrected chi connectivity index (χ0v) is 14.1. The zero-order valence-electron chi connectivity index (χ0n) is 14.1. The molecule has 2 N–H and O–H groups in total. The second-order valence-corrected chi connectivity index (χ2v) is 6.44. The number of aromatic hydroxyl groups is 1. The monoisotopic (exact) mass is 363 g/mol. The van der Waals surface area contributed by atoms with Crippen LogP contribution in [-0.4, -0.2) is 24.9 Å². The van der Waals surface area contributed by atoms with Gasteiger partial charge < -0.3 is 10.4 Å². The number of anilines is 1. The number of alkyl halides is 3. The summed E-state index contributed by atoms with van der Waals surface area (Å²) in [5.41, 5.74) is 3.18. The first kappa shape index (κ1) is 16.6. The molecule has 3 aromatic rings. The highest BCUT2D eigenvalue weighted by Crippen LogP contribution is 2.39. The van der Waals surface area contributed by atoms with E-state index in [-0.39, 0.29) is 17.4 Å². The van der Waals surface area contributed by atoms with Gasteiger partial charge in [-0.15, -0.1) is 15.3 Å². The van der Waals surface area contributed by atoms with Crippen LogP contribution in [0.5, 0.6) is 5.75 Å². The third kappa shape index (κ3) is 2.46. The maximum Gasteiger partial charge on any atom is 0.453 e. The van der Waals surface area contributed by atoms with Gasteiger partial charge in [-0.25, -0.2) is 0 Å². The predicted molar refractivity (Wildman–Crippen MR) is 88.0 cm³/mol. The molecule has 9 heteroatoms. The van der Waals surface area contributed by atoms with Crippen molar-refractivity contribution in [3.8, 4) is 5.75 Å². The van der Waals surface area contributed by atoms with Crippen molar-refractivity contribution in [2.24, 2.45) is 0 Å². The number of phenols is 1. The lowest BCUT2D eigenvalue weighted by molar-refractivity contribution is -0.146. The quantitative estimate of drug-likeness (QED) is 0.728. The van der Waals surface area contributed by atoms with Gasteiger partial charge in [-0.1, -0.05) is 12.1 Å². The number of nitrogens with zero attached hydrogens (tertiary/aromatic N) is 4. The smallest absolute Gasteiger partial charge is 0.453 e. The van der Waals surface area contributed by atoms with Crippen LogP contribution in [0, 0.1) is 13.8 Å². The number of halogens is 3. The standard InChI is InChI=1S/C17H16F3N5O/c1-8-9(2)15-22-23-16(17(18,19)20)25(15)24-14(8)21-12-7-6-11-10(12)4-3-5-13(11)26/h3-5,12,26H,6-7H2,1-2H3,(H,21,24). The van der Waals surface area contributed by atoms with Crippen LogP contribution in [-0.2, 0) is 12.6 Å². The van der Waals surface area contributed by atoms with Crippen molar-refractivity contribution >= 4 is 11.5 Å². The molecule has 0 saturated carbocycles. The largest absolute Gasteiger partial charge is 0.508 e. The lowest BCUT2D eigenvalue weighted by atomic mass is 10.1. The van der Waals surface area contributed by atoms with E-state index in [9.17, 15) is 18.3 Å². The van der Waals surface area contributed by atoms with Crippen LogP contribution in [0.3, 0.4) is 0 Å². The van der Waals surface area contributed by atoms with E-state index in [1.165, 1.54) is 0 Å². The number of hydrogen-bond donors (Lipinski definition) is 2. The summed E-state index contributed by atoms with van der Waals surface area (Å²) in [6.45, 7) is 3.48. The van der Waals surface area contributed by atoms with E-state index in [2.05, 4.69) is 20.6 Å². The second-order valence-electron chi connectivity index (χ2n) is 6.44. The Morgan fingerprint density at radius 1 is 1.19 bits per heavy atom. The van der Waals surface area contributed by atoms with Crippen molar-refractivity contribution in [2.45, 2.75) is 38.9 Å². The molecular weight excluding hydrogens is 347 g/mol. The summed E-state index contributed by atoms with van der Waals surface area (Å²) in [5, 5.41) is 24.2. The molecule has 0 spiro atoms. The first-order chi connectivity index (χ1) is 12.3. The number of aromatic nitrogens is 4. The number of rotatable bonds is 2. The van der Waals surface area contributed by atoms with Crippen LogP contribution in [0.4, 0.5) is 19.0 Å². The molecular formula is C17H16F3N5O. The number of fused-ring (bicyclic) bond motifs is 2. The maximum absolute atomic E-state index is 13.2. The molecule has 0 amide bonds. The number of nitrogens with one attached hydrogen (secondary N) is 1. The summed E-state index contributed by atoms with van der Waals surface area (Å²) < 4.78 is 40.2. The molecule has 0 radical (unpaired) electrons. The fourth-order valence-electron chi connectivity index (χ4n) is 3.39. The number of phenolic OH excluding ortho intramolecular Hbond substituents is 1. The van der Waals surface area contributed by atoms with Gasteiger partial charge in [-0.3, -0.25) is 0 Å². The van der Waals surface area contributed by atoms with E-state index < -0.39 is 12.0 Å². The molecule has 26 heavy (non-hydrogen) atoms. The van der Waals surface area contributed by atoms with Gasteiger partial charge in [0.2, 0.25) is 0 Å². The summed E-state index contributed by atoms with van der Waals surface area (Å²) in [5.74, 6) is -0.564. The molecule has 0 fully saturated rings. The first-order valence-electron chi connectivity index (χ1n) is 8.14. The fourth-order valence-corrected chi connectivity index (χ4v) is 3.39. The Balaban J connectivity index is 1.79. The maximum atomic E-state index is 13.2. The van der Waals surface area contributed by atoms with Gasteiger partial charge in [0.25, 0.3) is 5.82 Å².